The predicted molar refractivity (Wildman–Crippen MR) is 88.6 cm³/mol. The lowest BCUT2D eigenvalue weighted by Gasteiger charge is -2.35. The van der Waals surface area contributed by atoms with Crippen LogP contribution in [0.2, 0.25) is 5.02 Å². The van der Waals surface area contributed by atoms with Crippen molar-refractivity contribution in [2.75, 3.05) is 11.4 Å². The summed E-state index contributed by atoms with van der Waals surface area (Å²) in [5, 5.41) is 18.7. The van der Waals surface area contributed by atoms with E-state index < -0.39 is 5.97 Å². The van der Waals surface area contributed by atoms with Gasteiger partial charge in [-0.2, -0.15) is 0 Å². The zero-order valence-electron chi connectivity index (χ0n) is 12.9. The van der Waals surface area contributed by atoms with Crippen molar-refractivity contribution in [1.29, 1.82) is 0 Å². The highest BCUT2D eigenvalue weighted by atomic mass is 35.5. The van der Waals surface area contributed by atoms with E-state index in [9.17, 15) is 9.90 Å². The number of piperidine rings is 1. The van der Waals surface area contributed by atoms with Gasteiger partial charge in [0.15, 0.2) is 5.82 Å². The highest BCUT2D eigenvalue weighted by Gasteiger charge is 2.29. The van der Waals surface area contributed by atoms with Gasteiger partial charge in [0.25, 0.3) is 0 Å². The van der Waals surface area contributed by atoms with Crippen LogP contribution in [0.5, 0.6) is 0 Å². The Morgan fingerprint density at radius 2 is 2.04 bits per heavy atom. The molecule has 1 aromatic carbocycles. The van der Waals surface area contributed by atoms with Crippen LogP contribution in [-0.4, -0.2) is 38.7 Å². The fourth-order valence-electron chi connectivity index (χ4n) is 3.02. The lowest BCUT2D eigenvalue weighted by molar-refractivity contribution is 0.0690. The van der Waals surface area contributed by atoms with Gasteiger partial charge in [0.05, 0.1) is 5.69 Å². The number of aromatic carboxylic acids is 1. The standard InChI is InChI=1S/C16H19ClN4O2/c1-2-12-5-3-4-10-20(12)15-14(16(22)23)18-21(19-15)13-8-6-11(17)7-9-13/h6-9,12H,2-5,10H2,1H3,(H,22,23). The minimum Gasteiger partial charge on any atom is -0.476 e. The van der Waals surface area contributed by atoms with Gasteiger partial charge < -0.3 is 10.0 Å². The number of rotatable bonds is 4. The van der Waals surface area contributed by atoms with E-state index in [4.69, 9.17) is 11.6 Å². The molecule has 1 aromatic heterocycles. The SMILES string of the molecule is CCC1CCCCN1c1nn(-c2ccc(Cl)cc2)nc1C(=O)O. The lowest BCUT2D eigenvalue weighted by atomic mass is 10.00. The van der Waals surface area contributed by atoms with E-state index >= 15 is 0 Å². The molecule has 23 heavy (non-hydrogen) atoms. The van der Waals surface area contributed by atoms with Gasteiger partial charge in [-0.1, -0.05) is 18.5 Å². The van der Waals surface area contributed by atoms with Crippen LogP contribution in [0.3, 0.4) is 0 Å². The van der Waals surface area contributed by atoms with Crippen LogP contribution in [0.25, 0.3) is 5.69 Å². The summed E-state index contributed by atoms with van der Waals surface area (Å²) in [7, 11) is 0. The molecule has 0 amide bonds. The van der Waals surface area contributed by atoms with E-state index in [0.717, 1.165) is 25.8 Å². The van der Waals surface area contributed by atoms with Crippen molar-refractivity contribution in [2.24, 2.45) is 0 Å². The second-order valence-corrected chi connectivity index (χ2v) is 6.13. The summed E-state index contributed by atoms with van der Waals surface area (Å²) in [5.41, 5.74) is 0.688. The van der Waals surface area contributed by atoms with Crippen LogP contribution in [-0.2, 0) is 0 Å². The maximum Gasteiger partial charge on any atom is 0.360 e. The Bertz CT molecular complexity index is 699. The topological polar surface area (TPSA) is 71.2 Å². The Hall–Kier alpha value is -2.08. The third-order valence-corrected chi connectivity index (χ3v) is 4.48. The van der Waals surface area contributed by atoms with Crippen molar-refractivity contribution >= 4 is 23.4 Å². The van der Waals surface area contributed by atoms with Gasteiger partial charge in [0.2, 0.25) is 5.69 Å². The van der Waals surface area contributed by atoms with Crippen LogP contribution in [0.15, 0.2) is 24.3 Å². The second kappa shape index (κ2) is 6.58. The number of halogens is 1. The van der Waals surface area contributed by atoms with E-state index in [2.05, 4.69) is 22.0 Å². The average Bonchev–Trinajstić information content (AvgIpc) is 3.01. The Kier molecular flexibility index (Phi) is 4.52. The number of benzene rings is 1. The smallest absolute Gasteiger partial charge is 0.360 e. The van der Waals surface area contributed by atoms with Crippen molar-refractivity contribution in [1.82, 2.24) is 15.0 Å². The van der Waals surface area contributed by atoms with Crippen molar-refractivity contribution in [3.63, 3.8) is 0 Å². The number of carboxylic acids is 1. The molecule has 1 unspecified atom stereocenters. The monoisotopic (exact) mass is 334 g/mol. The van der Waals surface area contributed by atoms with Gasteiger partial charge in [0, 0.05) is 17.6 Å². The first-order valence-corrected chi connectivity index (χ1v) is 8.21. The first-order chi connectivity index (χ1) is 11.1. The molecule has 1 aliphatic rings. The molecule has 0 spiro atoms. The molecule has 2 heterocycles. The van der Waals surface area contributed by atoms with Crippen molar-refractivity contribution < 1.29 is 9.90 Å². The molecule has 1 fully saturated rings. The molecule has 0 aliphatic carbocycles. The zero-order chi connectivity index (χ0) is 16.4. The summed E-state index contributed by atoms with van der Waals surface area (Å²) in [6.45, 7) is 2.94. The molecular weight excluding hydrogens is 316 g/mol. The molecule has 1 N–H and O–H groups in total. The Labute approximate surface area is 139 Å². The van der Waals surface area contributed by atoms with Gasteiger partial charge in [-0.15, -0.1) is 15.0 Å². The maximum atomic E-state index is 11.6. The normalized spacial score (nSPS) is 18.2. The maximum absolute atomic E-state index is 11.6. The predicted octanol–water partition coefficient (Wildman–Crippen LogP) is 3.39. The van der Waals surface area contributed by atoms with Gasteiger partial charge in [-0.05, 0) is 49.9 Å². The fourth-order valence-corrected chi connectivity index (χ4v) is 3.15. The third kappa shape index (κ3) is 3.17. The summed E-state index contributed by atoms with van der Waals surface area (Å²) in [6, 6.07) is 7.32. The average molecular weight is 335 g/mol. The molecule has 1 aliphatic heterocycles. The number of hydrogen-bond donors (Lipinski definition) is 1. The molecule has 0 bridgehead atoms. The third-order valence-electron chi connectivity index (χ3n) is 4.23. The highest BCUT2D eigenvalue weighted by molar-refractivity contribution is 6.30. The highest BCUT2D eigenvalue weighted by Crippen LogP contribution is 2.28. The van der Waals surface area contributed by atoms with Crippen molar-refractivity contribution in [3.8, 4) is 5.69 Å². The Morgan fingerprint density at radius 1 is 1.30 bits per heavy atom. The van der Waals surface area contributed by atoms with Crippen LogP contribution < -0.4 is 4.90 Å². The molecule has 7 heteroatoms. The van der Waals surface area contributed by atoms with Crippen LogP contribution in [0.4, 0.5) is 5.82 Å². The fraction of sp³-hybridized carbons (Fsp3) is 0.438. The molecule has 0 radical (unpaired) electrons. The molecular formula is C16H19ClN4O2. The second-order valence-electron chi connectivity index (χ2n) is 5.69. The number of carboxylic acid groups (broad SMARTS) is 1. The first-order valence-electron chi connectivity index (χ1n) is 7.83. The molecule has 122 valence electrons. The number of nitrogens with zero attached hydrogens (tertiary/aromatic N) is 4. The zero-order valence-corrected chi connectivity index (χ0v) is 13.7. The molecule has 1 saturated heterocycles. The quantitative estimate of drug-likeness (QED) is 0.928. The first kappa shape index (κ1) is 15.8. The summed E-state index contributed by atoms with van der Waals surface area (Å²) in [6.07, 6.45) is 4.24. The Balaban J connectivity index is 2.02. The number of carbonyl (C=O) groups is 1. The summed E-state index contributed by atoms with van der Waals surface area (Å²) < 4.78 is 0. The number of aromatic nitrogens is 3. The van der Waals surface area contributed by atoms with Crippen LogP contribution in [0, 0.1) is 0 Å². The molecule has 0 saturated carbocycles. The lowest BCUT2D eigenvalue weighted by Crippen LogP contribution is -2.40. The van der Waals surface area contributed by atoms with Gasteiger partial charge in [0.1, 0.15) is 0 Å². The number of anilines is 1. The summed E-state index contributed by atoms with van der Waals surface area (Å²) in [4.78, 5) is 15.1. The van der Waals surface area contributed by atoms with E-state index in [1.807, 2.05) is 0 Å². The van der Waals surface area contributed by atoms with E-state index in [0.29, 0.717) is 22.6 Å². The molecule has 2 aromatic rings. The number of hydrogen-bond acceptors (Lipinski definition) is 4. The minimum atomic E-state index is -1.05. The van der Waals surface area contributed by atoms with Gasteiger partial charge in [-0.3, -0.25) is 0 Å². The van der Waals surface area contributed by atoms with E-state index in [-0.39, 0.29) is 5.69 Å². The van der Waals surface area contributed by atoms with Crippen LogP contribution in [0.1, 0.15) is 43.1 Å². The summed E-state index contributed by atoms with van der Waals surface area (Å²) in [5.74, 6) is -0.598. The molecule has 1 atom stereocenters. The van der Waals surface area contributed by atoms with E-state index in [1.54, 1.807) is 24.3 Å². The van der Waals surface area contributed by atoms with E-state index in [1.165, 1.54) is 11.2 Å². The minimum absolute atomic E-state index is 0.000278. The van der Waals surface area contributed by atoms with Crippen molar-refractivity contribution in [2.45, 2.75) is 38.6 Å². The Morgan fingerprint density at radius 3 is 2.70 bits per heavy atom. The largest absolute Gasteiger partial charge is 0.476 e. The van der Waals surface area contributed by atoms with Gasteiger partial charge in [-0.25, -0.2) is 4.79 Å². The van der Waals surface area contributed by atoms with Crippen LogP contribution >= 0.6 is 11.6 Å². The van der Waals surface area contributed by atoms with Gasteiger partial charge >= 0.3 is 5.97 Å². The van der Waals surface area contributed by atoms with Crippen molar-refractivity contribution in [3.05, 3.63) is 35.0 Å². The molecule has 3 rings (SSSR count). The summed E-state index contributed by atoms with van der Waals surface area (Å²) >= 11 is 5.89. The molecule has 6 nitrogen and oxygen atoms in total.